The van der Waals surface area contributed by atoms with Crippen LogP contribution in [0.3, 0.4) is 0 Å². The van der Waals surface area contributed by atoms with Crippen molar-refractivity contribution in [3.63, 3.8) is 0 Å². The predicted molar refractivity (Wildman–Crippen MR) is 513 cm³/mol. The number of benzene rings is 3. The Hall–Kier alpha value is -6.89. The molecule has 0 unspecified atom stereocenters. The second kappa shape index (κ2) is 64.8. The molecule has 43 heteroatoms. The van der Waals surface area contributed by atoms with E-state index < -0.39 is 110 Å². The molecule has 12 N–H and O–H groups in total. The normalized spacial score (nSPS) is 11.4. The number of urea groups is 3. The average molecular weight is 2010 g/mol. The number of pyridine rings is 3. The average Bonchev–Trinajstić information content (AvgIpc) is 0.793. The maximum atomic E-state index is 13.2. The van der Waals surface area contributed by atoms with Gasteiger partial charge in [-0.3, -0.25) is 28.5 Å². The van der Waals surface area contributed by atoms with Gasteiger partial charge in [0.15, 0.2) is 0 Å². The number of carbonyl (C=O) groups is 3. The van der Waals surface area contributed by atoms with Gasteiger partial charge in [0.05, 0.1) is 17.1 Å². The number of phosphoric acid groups is 3. The number of anilines is 6. The minimum Gasteiger partial charge on any atom is -0.354 e. The van der Waals surface area contributed by atoms with Gasteiger partial charge in [-0.15, -0.1) is 24.0 Å². The van der Waals surface area contributed by atoms with Crippen LogP contribution in [-0.2, 0) is 57.3 Å². The molecule has 6 aromatic rings. The first-order valence-electron chi connectivity index (χ1n) is 41.3. The first kappa shape index (κ1) is 123. The van der Waals surface area contributed by atoms with Crippen LogP contribution < -0.4 is 31.9 Å². The second-order valence-electron chi connectivity index (χ2n) is 29.1. The zero-order chi connectivity index (χ0) is 93.2. The summed E-state index contributed by atoms with van der Waals surface area (Å²) in [4.78, 5) is 109. The number of rotatable bonds is 45. The Kier molecular flexibility index (Phi) is 63.4. The largest absolute Gasteiger partial charge is 0.471 e. The highest BCUT2D eigenvalue weighted by atomic mass is 127. The van der Waals surface area contributed by atoms with Gasteiger partial charge in [0.1, 0.15) is 34.9 Å². The molecule has 0 aliphatic rings. The van der Waals surface area contributed by atoms with Crippen LogP contribution in [0.25, 0.3) is 0 Å². The molecular formula is C83H147IN15O21P3S3. The van der Waals surface area contributed by atoms with Crippen molar-refractivity contribution in [1.29, 1.82) is 0 Å². The summed E-state index contributed by atoms with van der Waals surface area (Å²) in [5.74, 6) is 0. The van der Waals surface area contributed by atoms with E-state index in [1.165, 1.54) is 173 Å². The molecule has 6 rings (SSSR count). The Morgan fingerprint density at radius 1 is 0.373 bits per heavy atom. The number of phosphoric ester groups is 3. The highest BCUT2D eigenvalue weighted by Crippen LogP contribution is 2.40. The summed E-state index contributed by atoms with van der Waals surface area (Å²) < 4.78 is 126. The molecule has 0 aliphatic carbocycles. The summed E-state index contributed by atoms with van der Waals surface area (Å²) in [7, 11) is -28.9. The van der Waals surface area contributed by atoms with Crippen molar-refractivity contribution in [2.45, 2.75) is 249 Å². The van der Waals surface area contributed by atoms with Gasteiger partial charge in [-0.25, -0.2) is 53.3 Å². The van der Waals surface area contributed by atoms with Crippen LogP contribution >= 0.6 is 47.4 Å². The van der Waals surface area contributed by atoms with Crippen LogP contribution in [0.2, 0.25) is 0 Å². The van der Waals surface area contributed by atoms with Gasteiger partial charge in [0.2, 0.25) is 0 Å². The monoisotopic (exact) mass is 2010 g/mol. The minimum atomic E-state index is -5.04. The molecule has 0 radical (unpaired) electrons. The molecule has 3 heterocycles. The van der Waals surface area contributed by atoms with Gasteiger partial charge < -0.3 is 76.0 Å². The number of halogens is 1. The molecular weight excluding hydrogens is 1860 g/mol. The van der Waals surface area contributed by atoms with E-state index in [-0.39, 0.29) is 83.5 Å². The Morgan fingerprint density at radius 3 is 0.754 bits per heavy atom. The molecule has 126 heavy (non-hydrogen) atoms. The summed E-state index contributed by atoms with van der Waals surface area (Å²) in [6.07, 6.45) is 23.4. The van der Waals surface area contributed by atoms with Crippen molar-refractivity contribution in [2.24, 2.45) is 0 Å². The SMILES string of the molecule is C.C.CCCCN(CCCC)CCCC.CCCCN(CCCC)CCCC.CCN(CC)CC.Cc1cccc(Nc2ccncc2S(=O)(=O)N(COP(=O)(O)O)C(=O)NC(C)C)c1.Cc1cccc(Nc2ccncc2S(=O)(=O)N(COP(=O)(O)O)C(=O)NC(C)C)c1.Cc1cccc(Nc2ccncc2S(=O)(=O)N(COP(=O)(O)O)C(=O)NC(C)C)c1.I. The molecule has 0 spiro atoms. The maximum Gasteiger partial charge on any atom is 0.471 e. The quantitative estimate of drug-likeness (QED) is 0.00959. The highest BCUT2D eigenvalue weighted by molar-refractivity contribution is 14.0. The number of sulfonamides is 3. The predicted octanol–water partition coefficient (Wildman–Crippen LogP) is 17.5. The number of hydrogen-bond donors (Lipinski definition) is 12. The molecule has 0 saturated heterocycles. The van der Waals surface area contributed by atoms with Gasteiger partial charge in [0.25, 0.3) is 30.1 Å². The number of unbranched alkanes of at least 4 members (excludes halogenated alkanes) is 6. The fourth-order valence-electron chi connectivity index (χ4n) is 10.7. The zero-order valence-corrected chi connectivity index (χ0v) is 82.6. The summed E-state index contributed by atoms with van der Waals surface area (Å²) >= 11 is 0. The lowest BCUT2D eigenvalue weighted by Crippen LogP contribution is -2.47. The van der Waals surface area contributed by atoms with Crippen LogP contribution in [0.15, 0.2) is 143 Å². The third-order valence-electron chi connectivity index (χ3n) is 17.2. The smallest absolute Gasteiger partial charge is 0.354 e. The molecule has 0 bridgehead atoms. The number of amides is 6. The van der Waals surface area contributed by atoms with Crippen molar-refractivity contribution < 1.29 is 96.3 Å². The third kappa shape index (κ3) is 50.9. The van der Waals surface area contributed by atoms with Crippen molar-refractivity contribution in [1.82, 2.24) is 58.5 Å². The highest BCUT2D eigenvalue weighted by Gasteiger charge is 2.38. The topological polar surface area (TPSA) is 484 Å². The lowest BCUT2D eigenvalue weighted by atomic mass is 10.2. The Labute approximate surface area is 768 Å². The third-order valence-corrected chi connectivity index (χ3v) is 23.8. The number of hydrogen-bond acceptors (Lipinski definition) is 24. The molecule has 6 amide bonds. The lowest BCUT2D eigenvalue weighted by molar-refractivity contribution is 0.141. The molecule has 3 aromatic heterocycles. The lowest BCUT2D eigenvalue weighted by Gasteiger charge is -2.24. The van der Waals surface area contributed by atoms with E-state index in [0.717, 1.165) is 35.3 Å². The Balaban J connectivity index is -0.00000151. The summed E-state index contributed by atoms with van der Waals surface area (Å²) in [6.45, 7) is 43.3. The van der Waals surface area contributed by atoms with E-state index in [0.29, 0.717) is 17.1 Å². The van der Waals surface area contributed by atoms with Gasteiger partial charge >= 0.3 is 41.6 Å². The minimum absolute atomic E-state index is 0. The van der Waals surface area contributed by atoms with E-state index in [9.17, 15) is 53.3 Å². The van der Waals surface area contributed by atoms with E-state index in [2.05, 4.69) is 137 Å². The second-order valence-corrected chi connectivity index (χ2v) is 38.4. The van der Waals surface area contributed by atoms with Crippen LogP contribution in [0.5, 0.6) is 0 Å². The summed E-state index contributed by atoms with van der Waals surface area (Å²) in [5, 5.41) is 16.0. The Morgan fingerprint density at radius 2 is 0.587 bits per heavy atom. The number of aryl methyl sites for hydroxylation is 3. The van der Waals surface area contributed by atoms with Gasteiger partial charge in [-0.1, -0.05) is 152 Å². The van der Waals surface area contributed by atoms with Gasteiger partial charge in [0, 0.05) is 72.4 Å². The first-order chi connectivity index (χ1) is 57.7. The molecule has 3 aromatic carbocycles. The van der Waals surface area contributed by atoms with Crippen LogP contribution in [0, 0.1) is 20.8 Å². The summed E-state index contributed by atoms with van der Waals surface area (Å²) in [6, 6.07) is 21.0. The molecule has 0 saturated carbocycles. The van der Waals surface area contributed by atoms with Crippen LogP contribution in [0.4, 0.5) is 48.5 Å². The zero-order valence-electron chi connectivity index (χ0n) is 75.1. The first-order valence-corrected chi connectivity index (χ1v) is 50.3. The molecule has 36 nitrogen and oxygen atoms in total. The number of aromatic nitrogens is 3. The molecule has 0 fully saturated rings. The molecule has 0 aliphatic heterocycles. The van der Waals surface area contributed by atoms with Crippen molar-refractivity contribution in [3.8, 4) is 0 Å². The summed E-state index contributed by atoms with van der Waals surface area (Å²) in [5.41, 5.74) is 4.97. The van der Waals surface area contributed by atoms with Gasteiger partial charge in [-0.2, -0.15) is 12.9 Å². The van der Waals surface area contributed by atoms with E-state index in [1.807, 2.05) is 39.0 Å². The van der Waals surface area contributed by atoms with Crippen LogP contribution in [0.1, 0.15) is 212 Å². The molecule has 0 atom stereocenters. The van der Waals surface area contributed by atoms with Crippen molar-refractivity contribution in [2.75, 3.05) is 95.0 Å². The van der Waals surface area contributed by atoms with E-state index in [4.69, 9.17) is 29.4 Å². The van der Waals surface area contributed by atoms with Crippen molar-refractivity contribution >= 4 is 130 Å². The van der Waals surface area contributed by atoms with Gasteiger partial charge in [-0.05, 0) is 231 Å². The number of nitrogens with zero attached hydrogens (tertiary/aromatic N) is 9. The molecule has 720 valence electrons. The number of carbonyl (C=O) groups excluding carboxylic acids is 3. The van der Waals surface area contributed by atoms with E-state index in [1.54, 1.807) is 96.1 Å². The van der Waals surface area contributed by atoms with Crippen LogP contribution in [-0.4, -0.2) is 212 Å². The number of nitrogens with one attached hydrogen (secondary N) is 6. The Bertz CT molecular complexity index is 4110. The van der Waals surface area contributed by atoms with E-state index >= 15 is 0 Å². The maximum absolute atomic E-state index is 13.2. The standard InChI is InChI=1S/3C17H23N4O7PS.2C12H27N.C6H15N.2CH4.HI/c3*1-12(2)19-17(22)21(11-28-29(23,24)25)30(26,27)16-10-18-8-7-15(16)20-14-6-4-5-13(3)9-14;2*1-4-7-10-13(11-8-5-2)12-9-6-3;1-4-7(5-2)6-3;;;/h3*4-10,12H,11H2,1-3H3,(H,18,20)(H,19,22)(H2,23,24,25);2*4-12H2,1-3H3;4-6H2,1-3H3;2*1H4;1H. The van der Waals surface area contributed by atoms with Crippen molar-refractivity contribution in [3.05, 3.63) is 145 Å². The fourth-order valence-corrected chi connectivity index (χ4v) is 15.6. The fraction of sp³-hybridized carbons (Fsp3) is 0.566.